The molecule has 8 heteroatoms. The van der Waals surface area contributed by atoms with Crippen LogP contribution in [0.4, 0.5) is 20.6 Å². The molecule has 0 aliphatic carbocycles. The van der Waals surface area contributed by atoms with Crippen LogP contribution in [0.3, 0.4) is 0 Å². The molecule has 1 unspecified atom stereocenters. The summed E-state index contributed by atoms with van der Waals surface area (Å²) in [4.78, 5) is 27.6. The predicted molar refractivity (Wildman–Crippen MR) is 116 cm³/mol. The molecule has 2 fully saturated rings. The highest BCUT2D eigenvalue weighted by atomic mass is 19.1. The zero-order chi connectivity index (χ0) is 21.6. The Bertz CT molecular complexity index is 961. The summed E-state index contributed by atoms with van der Waals surface area (Å²) in [5.41, 5.74) is 1.84. The molecule has 2 heterocycles. The quantitative estimate of drug-likeness (QED) is 0.721. The molecule has 0 bridgehead atoms. The van der Waals surface area contributed by atoms with Crippen LogP contribution in [0.25, 0.3) is 6.08 Å². The van der Waals surface area contributed by atoms with E-state index in [-0.39, 0.29) is 19.0 Å². The summed E-state index contributed by atoms with van der Waals surface area (Å²) >= 11 is 0. The minimum absolute atomic E-state index is 0.175. The van der Waals surface area contributed by atoms with Gasteiger partial charge in [0, 0.05) is 19.2 Å². The maximum atomic E-state index is 14.7. The van der Waals surface area contributed by atoms with Crippen molar-refractivity contribution in [3.05, 3.63) is 66.0 Å². The van der Waals surface area contributed by atoms with E-state index in [9.17, 15) is 14.0 Å². The number of amides is 2. The summed E-state index contributed by atoms with van der Waals surface area (Å²) in [6, 6.07) is 14.2. The lowest BCUT2D eigenvalue weighted by Crippen LogP contribution is -2.36. The van der Waals surface area contributed by atoms with Crippen molar-refractivity contribution in [3.8, 4) is 0 Å². The highest BCUT2D eigenvalue weighted by molar-refractivity contribution is 5.92. The van der Waals surface area contributed by atoms with Crippen LogP contribution in [0.15, 0.2) is 54.6 Å². The van der Waals surface area contributed by atoms with Crippen LogP contribution >= 0.6 is 0 Å². The number of benzene rings is 2. The van der Waals surface area contributed by atoms with Gasteiger partial charge in [-0.3, -0.25) is 9.69 Å². The topological polar surface area (TPSA) is 71.1 Å². The summed E-state index contributed by atoms with van der Waals surface area (Å²) in [5, 5.41) is 2.73. The first-order chi connectivity index (χ1) is 15.1. The number of nitrogens with one attached hydrogen (secondary N) is 1. The van der Waals surface area contributed by atoms with Gasteiger partial charge >= 0.3 is 6.09 Å². The van der Waals surface area contributed by atoms with Crippen LogP contribution in [-0.4, -0.2) is 57.5 Å². The number of ether oxygens (including phenoxy) is 2. The molecule has 2 aromatic rings. The Morgan fingerprint density at radius 1 is 1.16 bits per heavy atom. The summed E-state index contributed by atoms with van der Waals surface area (Å²) in [6.45, 7) is 2.79. The molecule has 0 radical (unpaired) electrons. The lowest BCUT2D eigenvalue weighted by molar-refractivity contribution is -0.116. The highest BCUT2D eigenvalue weighted by Gasteiger charge is 2.33. The van der Waals surface area contributed by atoms with Crippen LogP contribution in [0.2, 0.25) is 0 Å². The fourth-order valence-electron chi connectivity index (χ4n) is 3.57. The third kappa shape index (κ3) is 5.21. The molecule has 2 aliphatic heterocycles. The zero-order valence-corrected chi connectivity index (χ0v) is 17.0. The van der Waals surface area contributed by atoms with Gasteiger partial charge in [0.1, 0.15) is 11.9 Å². The highest BCUT2D eigenvalue weighted by Crippen LogP contribution is 2.28. The summed E-state index contributed by atoms with van der Waals surface area (Å²) in [6.07, 6.45) is 2.08. The average molecular weight is 425 g/mol. The fourth-order valence-corrected chi connectivity index (χ4v) is 3.57. The second-order valence-corrected chi connectivity index (χ2v) is 7.34. The van der Waals surface area contributed by atoms with Crippen molar-refractivity contribution in [2.75, 3.05) is 49.2 Å². The first-order valence-electron chi connectivity index (χ1n) is 10.2. The molecular formula is C23H24FN3O4. The first kappa shape index (κ1) is 20.9. The van der Waals surface area contributed by atoms with Crippen LogP contribution < -0.4 is 15.1 Å². The molecule has 4 rings (SSSR count). The molecule has 2 aromatic carbocycles. The Morgan fingerprint density at radius 2 is 1.94 bits per heavy atom. The smallest absolute Gasteiger partial charge is 0.414 e. The van der Waals surface area contributed by atoms with Crippen molar-refractivity contribution in [1.82, 2.24) is 5.32 Å². The average Bonchev–Trinajstić information content (AvgIpc) is 3.18. The second kappa shape index (κ2) is 9.61. The molecule has 0 spiro atoms. The van der Waals surface area contributed by atoms with E-state index >= 15 is 0 Å². The maximum absolute atomic E-state index is 14.7. The predicted octanol–water partition coefficient (Wildman–Crippen LogP) is 2.82. The lowest BCUT2D eigenvalue weighted by atomic mass is 10.2. The summed E-state index contributed by atoms with van der Waals surface area (Å²) in [7, 11) is 0. The molecule has 2 aliphatic rings. The molecule has 2 saturated heterocycles. The number of carbonyl (C=O) groups is 2. The van der Waals surface area contributed by atoms with E-state index in [1.54, 1.807) is 18.2 Å². The van der Waals surface area contributed by atoms with E-state index in [1.165, 1.54) is 17.0 Å². The van der Waals surface area contributed by atoms with Gasteiger partial charge in [0.2, 0.25) is 5.91 Å². The van der Waals surface area contributed by atoms with E-state index in [4.69, 9.17) is 9.47 Å². The molecule has 0 aromatic heterocycles. The van der Waals surface area contributed by atoms with E-state index in [2.05, 4.69) is 5.32 Å². The van der Waals surface area contributed by atoms with Gasteiger partial charge in [-0.25, -0.2) is 9.18 Å². The number of halogens is 1. The molecule has 7 nitrogen and oxygen atoms in total. The van der Waals surface area contributed by atoms with Gasteiger partial charge < -0.3 is 19.7 Å². The van der Waals surface area contributed by atoms with Crippen molar-refractivity contribution >= 4 is 29.5 Å². The summed E-state index contributed by atoms with van der Waals surface area (Å²) in [5.74, 6) is -0.672. The van der Waals surface area contributed by atoms with Crippen LogP contribution in [0.1, 0.15) is 5.56 Å². The van der Waals surface area contributed by atoms with E-state index in [1.807, 2.05) is 35.2 Å². The van der Waals surface area contributed by atoms with Gasteiger partial charge in [0.25, 0.3) is 0 Å². The Morgan fingerprint density at radius 3 is 2.68 bits per heavy atom. The Labute approximate surface area is 180 Å². The number of anilines is 2. The van der Waals surface area contributed by atoms with Crippen LogP contribution in [0.5, 0.6) is 0 Å². The largest absolute Gasteiger partial charge is 0.442 e. The van der Waals surface area contributed by atoms with Crippen molar-refractivity contribution < 1.29 is 23.5 Å². The SMILES string of the molecule is O=C(/C=C/c1ccccc1)NCC1CN(c2ccc(N3CCOCC3)c(F)c2)C(=O)O1. The van der Waals surface area contributed by atoms with Crippen molar-refractivity contribution in [1.29, 1.82) is 0 Å². The number of hydrogen-bond donors (Lipinski definition) is 1. The molecule has 162 valence electrons. The fraction of sp³-hybridized carbons (Fsp3) is 0.304. The number of hydrogen-bond acceptors (Lipinski definition) is 5. The lowest BCUT2D eigenvalue weighted by Gasteiger charge is -2.29. The number of nitrogens with zero attached hydrogens (tertiary/aromatic N) is 2. The molecule has 2 amide bonds. The number of rotatable bonds is 6. The summed E-state index contributed by atoms with van der Waals surface area (Å²) < 4.78 is 25.3. The third-order valence-corrected chi connectivity index (χ3v) is 5.20. The van der Waals surface area contributed by atoms with Crippen LogP contribution in [0, 0.1) is 5.82 Å². The number of carbonyl (C=O) groups excluding carboxylic acids is 2. The Hall–Kier alpha value is -3.39. The minimum Gasteiger partial charge on any atom is -0.442 e. The van der Waals surface area contributed by atoms with Crippen molar-refractivity contribution in [2.24, 2.45) is 0 Å². The molecule has 1 atom stereocenters. The molecule has 31 heavy (non-hydrogen) atoms. The van der Waals surface area contributed by atoms with Gasteiger partial charge in [0.05, 0.1) is 37.7 Å². The molecule has 0 saturated carbocycles. The van der Waals surface area contributed by atoms with Gasteiger partial charge in [-0.1, -0.05) is 30.3 Å². The first-order valence-corrected chi connectivity index (χ1v) is 10.2. The van der Waals surface area contributed by atoms with E-state index in [0.717, 1.165) is 5.56 Å². The van der Waals surface area contributed by atoms with Gasteiger partial charge in [-0.05, 0) is 29.8 Å². The second-order valence-electron chi connectivity index (χ2n) is 7.34. The zero-order valence-electron chi connectivity index (χ0n) is 17.0. The van der Waals surface area contributed by atoms with Gasteiger partial charge in [0.15, 0.2) is 0 Å². The third-order valence-electron chi connectivity index (χ3n) is 5.20. The van der Waals surface area contributed by atoms with Crippen molar-refractivity contribution in [2.45, 2.75) is 6.10 Å². The minimum atomic E-state index is -0.558. The van der Waals surface area contributed by atoms with Gasteiger partial charge in [-0.2, -0.15) is 0 Å². The van der Waals surface area contributed by atoms with E-state index < -0.39 is 18.0 Å². The Kier molecular flexibility index (Phi) is 6.47. The Balaban J connectivity index is 1.32. The molecular weight excluding hydrogens is 401 g/mol. The van der Waals surface area contributed by atoms with Crippen molar-refractivity contribution in [3.63, 3.8) is 0 Å². The monoisotopic (exact) mass is 425 g/mol. The van der Waals surface area contributed by atoms with Gasteiger partial charge in [-0.15, -0.1) is 0 Å². The maximum Gasteiger partial charge on any atom is 0.414 e. The molecule has 1 N–H and O–H groups in total. The van der Waals surface area contributed by atoms with E-state index in [0.29, 0.717) is 37.7 Å². The van der Waals surface area contributed by atoms with Crippen LogP contribution in [-0.2, 0) is 14.3 Å². The number of morpholine rings is 1. The number of cyclic esters (lactones) is 1. The normalized spacial score (nSPS) is 19.0. The standard InChI is InChI=1S/C23H24FN3O4/c24-20-14-18(7-8-21(20)26-10-12-30-13-11-26)27-16-19(31-23(27)29)15-25-22(28)9-6-17-4-2-1-3-5-17/h1-9,14,19H,10-13,15-16H2,(H,25,28)/b9-6+.